The first-order valence-corrected chi connectivity index (χ1v) is 9.92. The number of halogens is 1. The summed E-state index contributed by atoms with van der Waals surface area (Å²) in [6, 6.07) is 11.8. The summed E-state index contributed by atoms with van der Waals surface area (Å²) < 4.78 is 29.0. The predicted molar refractivity (Wildman–Crippen MR) is 102 cm³/mol. The number of hydrogen-bond acceptors (Lipinski definition) is 4. The van der Waals surface area contributed by atoms with Gasteiger partial charge in [-0.15, -0.1) is 4.40 Å². The lowest BCUT2D eigenvalue weighted by Crippen LogP contribution is -2.28. The van der Waals surface area contributed by atoms with E-state index in [-0.39, 0.29) is 16.4 Å². The molecule has 0 spiro atoms. The maximum Gasteiger partial charge on any atom is 0.285 e. The van der Waals surface area contributed by atoms with Crippen LogP contribution in [0.25, 0.3) is 0 Å². The molecule has 6 nitrogen and oxygen atoms in total. The molecule has 2 aromatic rings. The molecule has 0 aliphatic carbocycles. The topological polar surface area (TPSA) is 78.8 Å². The van der Waals surface area contributed by atoms with Crippen molar-refractivity contribution in [2.24, 2.45) is 4.40 Å². The number of rotatable bonds is 4. The molecule has 0 aromatic heterocycles. The molecular weight excluding hydrogens is 406 g/mol. The Morgan fingerprint density at radius 3 is 2.60 bits per heavy atom. The first kappa shape index (κ1) is 17.6. The van der Waals surface area contributed by atoms with Gasteiger partial charge in [0.2, 0.25) is 0 Å². The van der Waals surface area contributed by atoms with Gasteiger partial charge in [0.25, 0.3) is 15.9 Å². The second-order valence-corrected chi connectivity index (χ2v) is 8.05. The molecule has 1 heterocycles. The van der Waals surface area contributed by atoms with E-state index >= 15 is 0 Å². The molecule has 8 heteroatoms. The first-order valence-electron chi connectivity index (χ1n) is 7.69. The van der Waals surface area contributed by atoms with Crippen LogP contribution >= 0.6 is 15.9 Å². The molecule has 25 heavy (non-hydrogen) atoms. The summed E-state index contributed by atoms with van der Waals surface area (Å²) in [4.78, 5) is 14.3. The molecular formula is C17H16BrN3O3S. The van der Waals surface area contributed by atoms with Gasteiger partial charge in [-0.3, -0.25) is 4.79 Å². The third-order valence-corrected chi connectivity index (χ3v) is 5.48. The number of carbonyl (C=O) groups is 1. The maximum absolute atomic E-state index is 12.4. The van der Waals surface area contributed by atoms with Crippen molar-refractivity contribution in [2.75, 3.05) is 16.8 Å². The number of hydrogen-bond donors (Lipinski definition) is 1. The lowest BCUT2D eigenvalue weighted by molar-refractivity contribution is 0.102. The molecule has 1 amide bonds. The van der Waals surface area contributed by atoms with Crippen molar-refractivity contribution in [1.29, 1.82) is 0 Å². The fraction of sp³-hybridized carbons (Fsp3) is 0.176. The lowest BCUT2D eigenvalue weighted by Gasteiger charge is -2.25. The Morgan fingerprint density at radius 1 is 1.20 bits per heavy atom. The minimum Gasteiger partial charge on any atom is -0.331 e. The number of sulfonamides is 1. The molecule has 130 valence electrons. The average Bonchev–Trinajstić information content (AvgIpc) is 2.59. The van der Waals surface area contributed by atoms with E-state index in [1.54, 1.807) is 29.2 Å². The Hall–Kier alpha value is -2.19. The lowest BCUT2D eigenvalue weighted by atomic mass is 10.1. The SMILES string of the molecule is CCCN1C=NS(=O)(=O)c2cc(C(=O)Nc3ccc(Br)cc3)ccc21. The van der Waals surface area contributed by atoms with Gasteiger partial charge in [0.05, 0.1) is 5.69 Å². The fourth-order valence-corrected chi connectivity index (χ4v) is 3.83. The third kappa shape index (κ3) is 3.74. The quantitative estimate of drug-likeness (QED) is 0.816. The average molecular weight is 422 g/mol. The van der Waals surface area contributed by atoms with Gasteiger partial charge in [-0.2, -0.15) is 8.42 Å². The number of nitrogens with zero attached hydrogens (tertiary/aromatic N) is 2. The Morgan fingerprint density at radius 2 is 1.92 bits per heavy atom. The van der Waals surface area contributed by atoms with Crippen molar-refractivity contribution in [1.82, 2.24) is 0 Å². The monoisotopic (exact) mass is 421 g/mol. The zero-order valence-corrected chi connectivity index (χ0v) is 15.8. The molecule has 1 N–H and O–H groups in total. The molecule has 0 bridgehead atoms. The van der Waals surface area contributed by atoms with Crippen LogP contribution in [0, 0.1) is 0 Å². The van der Waals surface area contributed by atoms with E-state index in [2.05, 4.69) is 25.6 Å². The van der Waals surface area contributed by atoms with Gasteiger partial charge in [0.1, 0.15) is 11.2 Å². The van der Waals surface area contributed by atoms with E-state index in [0.717, 1.165) is 10.9 Å². The molecule has 1 aliphatic heterocycles. The van der Waals surface area contributed by atoms with Gasteiger partial charge < -0.3 is 10.2 Å². The molecule has 0 radical (unpaired) electrons. The standard InChI is InChI=1S/C17H16BrN3O3S/c1-2-9-21-11-19-25(23,24)16-10-12(3-8-15(16)21)17(22)20-14-6-4-13(18)5-7-14/h3-8,10-11H,2,9H2,1H3,(H,20,22). The van der Waals surface area contributed by atoms with E-state index in [0.29, 0.717) is 17.9 Å². The van der Waals surface area contributed by atoms with Crippen molar-refractivity contribution in [3.8, 4) is 0 Å². The summed E-state index contributed by atoms with van der Waals surface area (Å²) in [7, 11) is -3.79. The van der Waals surface area contributed by atoms with Crippen LogP contribution in [0.2, 0.25) is 0 Å². The van der Waals surface area contributed by atoms with Crippen LogP contribution in [0.5, 0.6) is 0 Å². The Balaban J connectivity index is 1.92. The van der Waals surface area contributed by atoms with Crippen LogP contribution in [-0.4, -0.2) is 27.2 Å². The second-order valence-electron chi connectivity index (χ2n) is 5.53. The molecule has 0 unspecified atom stereocenters. The third-order valence-electron chi connectivity index (χ3n) is 3.70. The van der Waals surface area contributed by atoms with Gasteiger partial charge in [-0.1, -0.05) is 22.9 Å². The van der Waals surface area contributed by atoms with Gasteiger partial charge in [-0.25, -0.2) is 0 Å². The number of benzene rings is 2. The van der Waals surface area contributed by atoms with Crippen LogP contribution in [0.3, 0.4) is 0 Å². The molecule has 3 rings (SSSR count). The van der Waals surface area contributed by atoms with Crippen molar-refractivity contribution < 1.29 is 13.2 Å². The molecule has 0 saturated carbocycles. The Labute approximate surface area is 154 Å². The Bertz CT molecular complexity index is 940. The summed E-state index contributed by atoms with van der Waals surface area (Å²) in [6.07, 6.45) is 2.17. The zero-order valence-electron chi connectivity index (χ0n) is 13.4. The highest BCUT2D eigenvalue weighted by Gasteiger charge is 2.26. The van der Waals surface area contributed by atoms with E-state index in [9.17, 15) is 13.2 Å². The van der Waals surface area contributed by atoms with Crippen molar-refractivity contribution in [2.45, 2.75) is 18.2 Å². The summed E-state index contributed by atoms with van der Waals surface area (Å²) in [5.41, 5.74) is 1.43. The van der Waals surface area contributed by atoms with Crippen LogP contribution in [0.4, 0.5) is 11.4 Å². The summed E-state index contributed by atoms with van der Waals surface area (Å²) >= 11 is 3.33. The van der Waals surface area contributed by atoms with Gasteiger partial charge in [0.15, 0.2) is 0 Å². The van der Waals surface area contributed by atoms with Crippen LogP contribution in [0.15, 0.2) is 56.2 Å². The highest BCUT2D eigenvalue weighted by atomic mass is 79.9. The van der Waals surface area contributed by atoms with E-state index in [1.807, 2.05) is 19.1 Å². The van der Waals surface area contributed by atoms with Gasteiger partial charge in [-0.05, 0) is 48.9 Å². The zero-order chi connectivity index (χ0) is 18.0. The normalized spacial score (nSPS) is 14.9. The molecule has 2 aromatic carbocycles. The predicted octanol–water partition coefficient (Wildman–Crippen LogP) is 3.65. The summed E-state index contributed by atoms with van der Waals surface area (Å²) in [5, 5.41) is 2.75. The second kappa shape index (κ2) is 6.97. The maximum atomic E-state index is 12.4. The fourth-order valence-electron chi connectivity index (χ4n) is 2.49. The molecule has 0 saturated heterocycles. The number of anilines is 2. The number of nitrogens with one attached hydrogen (secondary N) is 1. The van der Waals surface area contributed by atoms with Crippen LogP contribution < -0.4 is 10.2 Å². The highest BCUT2D eigenvalue weighted by Crippen LogP contribution is 2.31. The van der Waals surface area contributed by atoms with Gasteiger partial charge >= 0.3 is 0 Å². The largest absolute Gasteiger partial charge is 0.331 e. The molecule has 0 fully saturated rings. The van der Waals surface area contributed by atoms with Crippen molar-refractivity contribution >= 4 is 49.6 Å². The van der Waals surface area contributed by atoms with Crippen molar-refractivity contribution in [3.63, 3.8) is 0 Å². The molecule has 0 atom stereocenters. The number of amides is 1. The van der Waals surface area contributed by atoms with Crippen LogP contribution in [0.1, 0.15) is 23.7 Å². The van der Waals surface area contributed by atoms with Gasteiger partial charge in [0, 0.05) is 22.3 Å². The Kier molecular flexibility index (Phi) is 4.91. The minimum absolute atomic E-state index is 0.0481. The van der Waals surface area contributed by atoms with Crippen molar-refractivity contribution in [3.05, 3.63) is 52.5 Å². The molecule has 1 aliphatic rings. The highest BCUT2D eigenvalue weighted by molar-refractivity contribution is 9.10. The van der Waals surface area contributed by atoms with E-state index in [4.69, 9.17) is 0 Å². The summed E-state index contributed by atoms with van der Waals surface area (Å²) in [6.45, 7) is 2.65. The van der Waals surface area contributed by atoms with E-state index in [1.165, 1.54) is 12.4 Å². The first-order chi connectivity index (χ1) is 11.9. The smallest absolute Gasteiger partial charge is 0.285 e. The van der Waals surface area contributed by atoms with Crippen LogP contribution in [-0.2, 0) is 10.0 Å². The number of carbonyl (C=O) groups excluding carboxylic acids is 1. The van der Waals surface area contributed by atoms with E-state index < -0.39 is 10.0 Å². The summed E-state index contributed by atoms with van der Waals surface area (Å²) in [5.74, 6) is -0.378. The minimum atomic E-state index is -3.79. The number of fused-ring (bicyclic) bond motifs is 1.